The monoisotopic (exact) mass is 514 g/mol. The number of fused-ring (bicyclic) bond motifs is 6. The molecule has 0 unspecified atom stereocenters. The number of benzene rings is 1. The molecule has 1 aromatic carbocycles. The van der Waals surface area contributed by atoms with Crippen molar-refractivity contribution in [2.45, 2.75) is 55.9 Å². The largest absolute Gasteiger partial charge is 0.508 e. The Morgan fingerprint density at radius 2 is 2.00 bits per heavy atom. The van der Waals surface area contributed by atoms with Gasteiger partial charge < -0.3 is 49.6 Å². The van der Waals surface area contributed by atoms with Gasteiger partial charge in [-0.3, -0.25) is 4.79 Å². The maximum atomic E-state index is 13.5. The first-order valence-corrected chi connectivity index (χ1v) is 12.4. The van der Waals surface area contributed by atoms with Crippen molar-refractivity contribution < 1.29 is 44.5 Å². The molecule has 0 saturated carbocycles. The first-order chi connectivity index (χ1) is 17.8. The zero-order valence-electron chi connectivity index (χ0n) is 19.9. The Hall–Kier alpha value is -2.93. The molecule has 37 heavy (non-hydrogen) atoms. The van der Waals surface area contributed by atoms with Gasteiger partial charge in [0, 0.05) is 35.0 Å². The van der Waals surface area contributed by atoms with Crippen molar-refractivity contribution in [1.82, 2.24) is 9.88 Å². The molecular formula is C26H30N2O9. The van der Waals surface area contributed by atoms with E-state index in [0.29, 0.717) is 25.0 Å². The lowest BCUT2D eigenvalue weighted by atomic mass is 9.74. The standard InChI is InChI=1S/C26H30N2O9/c1-2-12-14-8-18-20-13(15-7-11(30)3-4-17(15)27-20)5-6-28(18)24(34)16(14)10-35-25(12)37-26-23(33)22(32)21(31)19(9-29)36-26/h2-4,7,10,12,14,18-19,21-23,25-27,29-33H,1,5-6,8-9H2/t12-,14+,18+,19-,21-,22+,23-,25+,26+/m1/s1. The Labute approximate surface area is 212 Å². The number of ether oxygens (including phenoxy) is 3. The highest BCUT2D eigenvalue weighted by atomic mass is 16.8. The fourth-order valence-electron chi connectivity index (χ4n) is 6.17. The number of aromatic hydroxyl groups is 1. The fourth-order valence-corrected chi connectivity index (χ4v) is 6.17. The Bertz CT molecular complexity index is 1260. The van der Waals surface area contributed by atoms with Gasteiger partial charge in [-0.1, -0.05) is 6.08 Å². The summed E-state index contributed by atoms with van der Waals surface area (Å²) in [7, 11) is 0. The zero-order valence-corrected chi connectivity index (χ0v) is 19.9. The molecule has 0 aliphatic carbocycles. The number of aromatic nitrogens is 1. The number of H-pyrrole nitrogens is 1. The van der Waals surface area contributed by atoms with Gasteiger partial charge in [-0.05, 0) is 36.6 Å². The SMILES string of the molecule is C=C[C@H]1[C@H](O[C@@H]2O[C@H](CO)[C@@H](O)[C@H](O)[C@H]2O)OC=C2C(=O)N3CCc4c([nH]c5ccc(O)cc45)[C@@H]3C[C@H]21. The molecule has 4 aliphatic rings. The van der Waals surface area contributed by atoms with E-state index in [2.05, 4.69) is 11.6 Å². The molecule has 198 valence electrons. The van der Waals surface area contributed by atoms with E-state index in [1.165, 1.54) is 6.26 Å². The lowest BCUT2D eigenvalue weighted by Crippen LogP contribution is -2.60. The van der Waals surface area contributed by atoms with Gasteiger partial charge in [0.2, 0.25) is 6.29 Å². The highest BCUT2D eigenvalue weighted by molar-refractivity contribution is 5.96. The first kappa shape index (κ1) is 24.4. The number of phenols is 1. The van der Waals surface area contributed by atoms with Crippen LogP contribution in [0.15, 0.2) is 42.7 Å². The average molecular weight is 515 g/mol. The van der Waals surface area contributed by atoms with Gasteiger partial charge in [-0.25, -0.2) is 0 Å². The molecule has 1 aromatic heterocycles. The van der Waals surface area contributed by atoms with Gasteiger partial charge in [0.25, 0.3) is 5.91 Å². The van der Waals surface area contributed by atoms with Crippen molar-refractivity contribution in [2.75, 3.05) is 13.2 Å². The van der Waals surface area contributed by atoms with Gasteiger partial charge >= 0.3 is 0 Å². The summed E-state index contributed by atoms with van der Waals surface area (Å²) in [5.41, 5.74) is 3.44. The van der Waals surface area contributed by atoms with Crippen LogP contribution in [-0.2, 0) is 25.4 Å². The molecule has 2 aromatic rings. The molecule has 9 atom stereocenters. The minimum atomic E-state index is -1.58. The Morgan fingerprint density at radius 3 is 2.76 bits per heavy atom. The summed E-state index contributed by atoms with van der Waals surface area (Å²) in [5.74, 6) is -0.740. The normalized spacial score (nSPS) is 37.3. The van der Waals surface area contributed by atoms with Crippen molar-refractivity contribution >= 4 is 16.8 Å². The van der Waals surface area contributed by atoms with Crippen molar-refractivity contribution in [1.29, 1.82) is 0 Å². The highest BCUT2D eigenvalue weighted by Crippen LogP contribution is 2.48. The topological polar surface area (TPSA) is 165 Å². The number of hydrogen-bond acceptors (Lipinski definition) is 9. The van der Waals surface area contributed by atoms with Gasteiger partial charge in [0.05, 0.1) is 24.5 Å². The summed E-state index contributed by atoms with van der Waals surface area (Å²) in [4.78, 5) is 18.8. The molecule has 6 N–H and O–H groups in total. The van der Waals surface area contributed by atoms with Crippen molar-refractivity contribution in [3.63, 3.8) is 0 Å². The van der Waals surface area contributed by atoms with Crippen LogP contribution in [0.5, 0.6) is 5.75 Å². The Morgan fingerprint density at radius 1 is 1.19 bits per heavy atom. The number of piperidine rings is 1. The Balaban J connectivity index is 1.29. The number of aromatic amines is 1. The molecule has 11 nitrogen and oxygen atoms in total. The summed E-state index contributed by atoms with van der Waals surface area (Å²) >= 11 is 0. The number of rotatable bonds is 4. The number of aliphatic hydroxyl groups excluding tert-OH is 4. The lowest BCUT2D eigenvalue weighted by Gasteiger charge is -2.48. The quantitative estimate of drug-likeness (QED) is 0.312. The number of nitrogens with one attached hydrogen (secondary N) is 1. The molecule has 2 fully saturated rings. The number of hydrogen-bond donors (Lipinski definition) is 6. The van der Waals surface area contributed by atoms with Crippen LogP contribution in [0.2, 0.25) is 0 Å². The average Bonchev–Trinajstić information content (AvgIpc) is 3.27. The maximum Gasteiger partial charge on any atom is 0.253 e. The smallest absolute Gasteiger partial charge is 0.253 e. The van der Waals surface area contributed by atoms with Gasteiger partial charge in [0.1, 0.15) is 30.2 Å². The number of carbonyl (C=O) groups excluding carboxylic acids is 1. The van der Waals surface area contributed by atoms with Crippen molar-refractivity contribution in [3.05, 3.63) is 53.9 Å². The molecule has 2 saturated heterocycles. The van der Waals surface area contributed by atoms with Gasteiger partial charge in [-0.15, -0.1) is 6.58 Å². The predicted octanol–water partition coefficient (Wildman–Crippen LogP) is 0.178. The Kier molecular flexibility index (Phi) is 6.02. The second-order valence-electron chi connectivity index (χ2n) is 10.1. The van der Waals surface area contributed by atoms with E-state index in [9.17, 15) is 30.3 Å². The summed E-state index contributed by atoms with van der Waals surface area (Å²) in [5, 5.41) is 51.0. The third-order valence-electron chi connectivity index (χ3n) is 8.12. The number of aliphatic hydroxyl groups is 4. The van der Waals surface area contributed by atoms with E-state index < -0.39 is 49.5 Å². The van der Waals surface area contributed by atoms with Crippen LogP contribution < -0.4 is 0 Å². The summed E-state index contributed by atoms with van der Waals surface area (Å²) in [6, 6.07) is 4.97. The molecule has 5 heterocycles. The van der Waals surface area contributed by atoms with E-state index >= 15 is 0 Å². The molecule has 11 heteroatoms. The molecule has 1 amide bonds. The number of phenolic OH excluding ortho intramolecular Hbond substituents is 1. The third-order valence-corrected chi connectivity index (χ3v) is 8.12. The third kappa shape index (κ3) is 3.77. The highest BCUT2D eigenvalue weighted by Gasteiger charge is 2.51. The summed E-state index contributed by atoms with van der Waals surface area (Å²) < 4.78 is 17.2. The molecule has 0 radical (unpaired) electrons. The molecule has 4 aliphatic heterocycles. The molecule has 0 spiro atoms. The van der Waals surface area contributed by atoms with E-state index in [4.69, 9.17) is 14.2 Å². The minimum Gasteiger partial charge on any atom is -0.508 e. The van der Waals surface area contributed by atoms with Gasteiger partial charge in [-0.2, -0.15) is 0 Å². The number of nitrogens with zero attached hydrogens (tertiary/aromatic N) is 1. The summed E-state index contributed by atoms with van der Waals surface area (Å²) in [6.45, 7) is 3.89. The van der Waals surface area contributed by atoms with Crippen LogP contribution in [0.3, 0.4) is 0 Å². The van der Waals surface area contributed by atoms with Gasteiger partial charge in [0.15, 0.2) is 6.29 Å². The number of carbonyl (C=O) groups is 1. The van der Waals surface area contributed by atoms with Crippen LogP contribution in [0.25, 0.3) is 10.9 Å². The lowest BCUT2D eigenvalue weighted by molar-refractivity contribution is -0.339. The summed E-state index contributed by atoms with van der Waals surface area (Å²) in [6.07, 6.45) is -3.90. The predicted molar refractivity (Wildman–Crippen MR) is 128 cm³/mol. The molecule has 6 rings (SSSR count). The van der Waals surface area contributed by atoms with E-state index in [-0.39, 0.29) is 23.6 Å². The zero-order chi connectivity index (χ0) is 26.0. The van der Waals surface area contributed by atoms with Crippen LogP contribution >= 0.6 is 0 Å². The maximum absolute atomic E-state index is 13.5. The van der Waals surface area contributed by atoms with E-state index in [1.54, 1.807) is 18.2 Å². The number of amides is 1. The first-order valence-electron chi connectivity index (χ1n) is 12.4. The van der Waals surface area contributed by atoms with Crippen LogP contribution in [0.4, 0.5) is 0 Å². The van der Waals surface area contributed by atoms with Crippen LogP contribution in [0, 0.1) is 11.8 Å². The van der Waals surface area contributed by atoms with Crippen LogP contribution in [0.1, 0.15) is 23.7 Å². The van der Waals surface area contributed by atoms with Crippen molar-refractivity contribution in [2.24, 2.45) is 11.8 Å². The second-order valence-corrected chi connectivity index (χ2v) is 10.1. The van der Waals surface area contributed by atoms with E-state index in [0.717, 1.165) is 22.2 Å². The molecular weight excluding hydrogens is 484 g/mol. The minimum absolute atomic E-state index is 0.133. The van der Waals surface area contributed by atoms with E-state index in [1.807, 2.05) is 11.0 Å². The van der Waals surface area contributed by atoms with Crippen molar-refractivity contribution in [3.8, 4) is 5.75 Å². The van der Waals surface area contributed by atoms with Crippen LogP contribution in [-0.4, -0.2) is 91.5 Å². The molecule has 0 bridgehead atoms. The fraction of sp³-hybridized carbons (Fsp3) is 0.500. The second kappa shape index (κ2) is 9.12.